The minimum atomic E-state index is -4.67. The first-order chi connectivity index (χ1) is 8.45. The highest BCUT2D eigenvalue weighted by molar-refractivity contribution is 5.47. The summed E-state index contributed by atoms with van der Waals surface area (Å²) < 4.78 is 55.4. The Hall–Kier alpha value is -1.30. The van der Waals surface area contributed by atoms with Gasteiger partial charge in [-0.1, -0.05) is 0 Å². The van der Waals surface area contributed by atoms with Gasteiger partial charge in [0.05, 0.1) is 5.56 Å². The van der Waals surface area contributed by atoms with Gasteiger partial charge in [-0.05, 0) is 31.5 Å². The average Bonchev–Trinajstić information content (AvgIpc) is 2.29. The average molecular weight is 265 g/mol. The molecule has 18 heavy (non-hydrogen) atoms. The van der Waals surface area contributed by atoms with Crippen LogP contribution >= 0.6 is 0 Å². The zero-order chi connectivity index (χ0) is 13.6. The minimum Gasteiger partial charge on any atom is -0.385 e. The van der Waals surface area contributed by atoms with Gasteiger partial charge in [0.25, 0.3) is 0 Å². The first-order valence-corrected chi connectivity index (χ1v) is 5.63. The number of hydrogen-bond donors (Lipinski definition) is 1. The maximum atomic E-state index is 13.0. The fourth-order valence-corrected chi connectivity index (χ4v) is 1.40. The van der Waals surface area contributed by atoms with Crippen molar-refractivity contribution in [3.63, 3.8) is 0 Å². The minimum absolute atomic E-state index is 0.250. The molecular formula is C12H15F4NO. The van der Waals surface area contributed by atoms with Crippen molar-refractivity contribution in [1.29, 1.82) is 0 Å². The molecule has 0 aliphatic rings. The molecule has 0 atom stereocenters. The molecule has 6 heteroatoms. The van der Waals surface area contributed by atoms with E-state index in [0.717, 1.165) is 12.1 Å². The van der Waals surface area contributed by atoms with E-state index in [2.05, 4.69) is 5.32 Å². The van der Waals surface area contributed by atoms with Gasteiger partial charge in [-0.25, -0.2) is 4.39 Å². The Kier molecular flexibility index (Phi) is 5.40. The number of ether oxygens (including phenoxy) is 1. The number of nitrogens with one attached hydrogen (secondary N) is 1. The molecule has 0 radical (unpaired) electrons. The summed E-state index contributed by atoms with van der Waals surface area (Å²) in [5.74, 6) is -1.26. The molecule has 0 aliphatic heterocycles. The van der Waals surface area contributed by atoms with E-state index in [-0.39, 0.29) is 5.69 Å². The zero-order valence-corrected chi connectivity index (χ0v) is 9.98. The molecule has 102 valence electrons. The van der Waals surface area contributed by atoms with Crippen LogP contribution in [0.1, 0.15) is 18.9 Å². The highest BCUT2D eigenvalue weighted by atomic mass is 19.4. The largest absolute Gasteiger partial charge is 0.419 e. The molecule has 0 bridgehead atoms. The third kappa shape index (κ3) is 4.52. The van der Waals surface area contributed by atoms with Crippen molar-refractivity contribution in [2.75, 3.05) is 25.1 Å². The maximum Gasteiger partial charge on any atom is 0.419 e. The van der Waals surface area contributed by atoms with E-state index in [1.54, 1.807) is 0 Å². The van der Waals surface area contributed by atoms with Crippen molar-refractivity contribution in [3.05, 3.63) is 29.6 Å². The molecule has 0 saturated heterocycles. The third-order valence-electron chi connectivity index (χ3n) is 2.27. The van der Waals surface area contributed by atoms with Crippen molar-refractivity contribution in [2.45, 2.75) is 19.5 Å². The maximum absolute atomic E-state index is 13.0. The van der Waals surface area contributed by atoms with Gasteiger partial charge in [0, 0.05) is 25.4 Å². The quantitative estimate of drug-likeness (QED) is 0.625. The predicted molar refractivity (Wildman–Crippen MR) is 61.0 cm³/mol. The molecule has 0 aromatic heterocycles. The van der Waals surface area contributed by atoms with Crippen LogP contribution < -0.4 is 5.32 Å². The molecule has 1 N–H and O–H groups in total. The van der Waals surface area contributed by atoms with Crippen LogP contribution in [0.2, 0.25) is 0 Å². The lowest BCUT2D eigenvalue weighted by Crippen LogP contribution is -2.10. The summed E-state index contributed by atoms with van der Waals surface area (Å²) in [4.78, 5) is 0. The van der Waals surface area contributed by atoms with Gasteiger partial charge in [0.15, 0.2) is 0 Å². The van der Waals surface area contributed by atoms with Gasteiger partial charge < -0.3 is 10.1 Å². The normalized spacial score (nSPS) is 11.6. The Balaban J connectivity index is 2.57. The Morgan fingerprint density at radius 1 is 1.28 bits per heavy atom. The summed E-state index contributed by atoms with van der Waals surface area (Å²) in [5, 5.41) is 2.80. The van der Waals surface area contributed by atoms with Crippen molar-refractivity contribution >= 4 is 5.69 Å². The van der Waals surface area contributed by atoms with E-state index in [0.29, 0.717) is 26.2 Å². The number of alkyl halides is 3. The zero-order valence-electron chi connectivity index (χ0n) is 9.98. The Morgan fingerprint density at radius 2 is 2.00 bits per heavy atom. The molecule has 1 aromatic carbocycles. The highest BCUT2D eigenvalue weighted by Gasteiger charge is 2.34. The van der Waals surface area contributed by atoms with Crippen LogP contribution in [-0.4, -0.2) is 19.8 Å². The van der Waals surface area contributed by atoms with Crippen LogP contribution in [0.3, 0.4) is 0 Å². The van der Waals surface area contributed by atoms with Gasteiger partial charge >= 0.3 is 6.18 Å². The van der Waals surface area contributed by atoms with Gasteiger partial charge in [-0.3, -0.25) is 0 Å². The molecule has 0 amide bonds. The van der Waals surface area contributed by atoms with Crippen LogP contribution in [-0.2, 0) is 10.9 Å². The Labute approximate surface area is 103 Å². The second-order valence-electron chi connectivity index (χ2n) is 3.67. The number of hydrogen-bond acceptors (Lipinski definition) is 2. The van der Waals surface area contributed by atoms with Crippen LogP contribution in [0.5, 0.6) is 0 Å². The molecule has 0 aliphatic carbocycles. The molecule has 0 heterocycles. The van der Waals surface area contributed by atoms with Crippen LogP contribution in [0.25, 0.3) is 0 Å². The van der Waals surface area contributed by atoms with E-state index in [1.165, 1.54) is 6.07 Å². The lowest BCUT2D eigenvalue weighted by atomic mass is 10.2. The molecule has 0 spiro atoms. The molecular weight excluding hydrogens is 250 g/mol. The fraction of sp³-hybridized carbons (Fsp3) is 0.500. The first kappa shape index (κ1) is 14.8. The first-order valence-electron chi connectivity index (χ1n) is 5.63. The summed E-state index contributed by atoms with van der Waals surface area (Å²) in [6.07, 6.45) is -4.00. The SMILES string of the molecule is CCOCCCNc1ccc(F)c(C(F)(F)F)c1. The fourth-order valence-electron chi connectivity index (χ4n) is 1.40. The summed E-state index contributed by atoms with van der Waals surface area (Å²) in [5.41, 5.74) is -1.00. The second-order valence-corrected chi connectivity index (χ2v) is 3.67. The molecule has 0 unspecified atom stereocenters. The summed E-state index contributed by atoms with van der Waals surface area (Å²) in [6, 6.07) is 2.87. The van der Waals surface area contributed by atoms with Crippen molar-refractivity contribution in [1.82, 2.24) is 0 Å². The number of anilines is 1. The van der Waals surface area contributed by atoms with E-state index >= 15 is 0 Å². The van der Waals surface area contributed by atoms with Crippen molar-refractivity contribution < 1.29 is 22.3 Å². The smallest absolute Gasteiger partial charge is 0.385 e. The topological polar surface area (TPSA) is 21.3 Å². The Bertz CT molecular complexity index is 379. The summed E-state index contributed by atoms with van der Waals surface area (Å²) >= 11 is 0. The Morgan fingerprint density at radius 3 is 2.61 bits per heavy atom. The van der Waals surface area contributed by atoms with E-state index in [9.17, 15) is 17.6 Å². The second kappa shape index (κ2) is 6.58. The monoisotopic (exact) mass is 265 g/mol. The van der Waals surface area contributed by atoms with Crippen molar-refractivity contribution in [3.8, 4) is 0 Å². The number of benzene rings is 1. The van der Waals surface area contributed by atoms with Gasteiger partial charge in [-0.2, -0.15) is 13.2 Å². The van der Waals surface area contributed by atoms with E-state index in [1.807, 2.05) is 6.92 Å². The van der Waals surface area contributed by atoms with Crippen molar-refractivity contribution in [2.24, 2.45) is 0 Å². The van der Waals surface area contributed by atoms with E-state index in [4.69, 9.17) is 4.74 Å². The lowest BCUT2D eigenvalue weighted by molar-refractivity contribution is -0.139. The number of halogens is 4. The van der Waals surface area contributed by atoms with Gasteiger partial charge in [0.2, 0.25) is 0 Å². The van der Waals surface area contributed by atoms with Gasteiger partial charge in [0.1, 0.15) is 5.82 Å². The molecule has 2 nitrogen and oxygen atoms in total. The van der Waals surface area contributed by atoms with Crippen LogP contribution in [0.15, 0.2) is 18.2 Å². The lowest BCUT2D eigenvalue weighted by Gasteiger charge is -2.11. The number of rotatable bonds is 6. The predicted octanol–water partition coefficient (Wildman–Crippen LogP) is 3.68. The third-order valence-corrected chi connectivity index (χ3v) is 2.27. The molecule has 0 saturated carbocycles. The van der Waals surface area contributed by atoms with Crippen LogP contribution in [0.4, 0.5) is 23.2 Å². The molecule has 0 fully saturated rings. The molecule has 1 rings (SSSR count). The van der Waals surface area contributed by atoms with Gasteiger partial charge in [-0.15, -0.1) is 0 Å². The molecule has 1 aromatic rings. The summed E-state index contributed by atoms with van der Waals surface area (Å²) in [7, 11) is 0. The highest BCUT2D eigenvalue weighted by Crippen LogP contribution is 2.32. The van der Waals surface area contributed by atoms with E-state index < -0.39 is 17.6 Å². The summed E-state index contributed by atoms with van der Waals surface area (Å²) in [6.45, 7) is 3.48. The van der Waals surface area contributed by atoms with Crippen LogP contribution in [0, 0.1) is 5.82 Å². The standard InChI is InChI=1S/C12H15F4NO/c1-2-18-7-3-6-17-9-4-5-11(13)10(8-9)12(14,15)16/h4-5,8,17H,2-3,6-7H2,1H3.